The fraction of sp³-hybridized carbons (Fsp3) is 0.750. The summed E-state index contributed by atoms with van der Waals surface area (Å²) in [4.78, 5) is 0. The molecular formula is C24H36N10O2. The van der Waals surface area contributed by atoms with Gasteiger partial charge < -0.3 is 23.9 Å². The van der Waals surface area contributed by atoms with Crippen LogP contribution in [0.1, 0.15) is 105 Å². The molecule has 3 aliphatic heterocycles. The second-order valence-electron chi connectivity index (χ2n) is 10.7. The Balaban J connectivity index is 1.18. The molecule has 36 heavy (non-hydrogen) atoms. The van der Waals surface area contributed by atoms with E-state index in [1.807, 2.05) is 0 Å². The minimum Gasteiger partial charge on any atom is -0.368 e. The fourth-order valence-electron chi connectivity index (χ4n) is 5.86. The highest BCUT2D eigenvalue weighted by Gasteiger charge is 2.33. The van der Waals surface area contributed by atoms with Crippen molar-refractivity contribution in [2.75, 3.05) is 19.8 Å². The minimum absolute atomic E-state index is 0.105. The van der Waals surface area contributed by atoms with Crippen molar-refractivity contribution in [1.82, 2.24) is 49.6 Å². The first-order valence-corrected chi connectivity index (χ1v) is 13.2. The van der Waals surface area contributed by atoms with E-state index in [1.165, 1.54) is 0 Å². The van der Waals surface area contributed by atoms with Gasteiger partial charge in [0.1, 0.15) is 42.0 Å². The van der Waals surface area contributed by atoms with Crippen molar-refractivity contribution in [2.45, 2.75) is 96.7 Å². The number of nitrogens with one attached hydrogen (secondary N) is 1. The van der Waals surface area contributed by atoms with Crippen LogP contribution < -0.4 is 5.32 Å². The second kappa shape index (κ2) is 9.64. The summed E-state index contributed by atoms with van der Waals surface area (Å²) in [5.74, 6) is 6.89. The number of ether oxygens (including phenoxy) is 2. The molecule has 3 aliphatic rings. The maximum atomic E-state index is 6.20. The van der Waals surface area contributed by atoms with Crippen LogP contribution in [-0.2, 0) is 35.8 Å². The van der Waals surface area contributed by atoms with Crippen LogP contribution in [0.4, 0.5) is 0 Å². The minimum atomic E-state index is -0.105. The summed E-state index contributed by atoms with van der Waals surface area (Å²) >= 11 is 0. The van der Waals surface area contributed by atoms with Crippen LogP contribution in [0.3, 0.4) is 0 Å². The van der Waals surface area contributed by atoms with Gasteiger partial charge in [0.25, 0.3) is 0 Å². The molecule has 12 nitrogen and oxygen atoms in total. The lowest BCUT2D eigenvalue weighted by Gasteiger charge is -2.29. The summed E-state index contributed by atoms with van der Waals surface area (Å²) < 4.78 is 18.8. The predicted octanol–water partition coefficient (Wildman–Crippen LogP) is 2.22. The van der Waals surface area contributed by atoms with E-state index in [4.69, 9.17) is 9.47 Å². The zero-order valence-corrected chi connectivity index (χ0v) is 21.6. The van der Waals surface area contributed by atoms with E-state index >= 15 is 0 Å². The summed E-state index contributed by atoms with van der Waals surface area (Å²) in [5.41, 5.74) is 0. The third-order valence-corrected chi connectivity index (χ3v) is 7.70. The molecule has 0 bridgehead atoms. The second-order valence-corrected chi connectivity index (χ2v) is 10.7. The maximum Gasteiger partial charge on any atom is 0.162 e. The zero-order chi connectivity index (χ0) is 24.8. The van der Waals surface area contributed by atoms with Gasteiger partial charge in [-0.3, -0.25) is 4.57 Å². The zero-order valence-electron chi connectivity index (χ0n) is 21.6. The Bertz CT molecular complexity index is 1210. The van der Waals surface area contributed by atoms with Crippen LogP contribution in [-0.4, -0.2) is 64.1 Å². The molecule has 3 aromatic rings. The van der Waals surface area contributed by atoms with Crippen molar-refractivity contribution in [2.24, 2.45) is 0 Å². The Morgan fingerprint density at radius 2 is 1.58 bits per heavy atom. The van der Waals surface area contributed by atoms with E-state index < -0.39 is 0 Å². The Hall–Kier alpha value is -2.70. The van der Waals surface area contributed by atoms with Crippen LogP contribution in [0.5, 0.6) is 0 Å². The predicted molar refractivity (Wildman–Crippen MR) is 129 cm³/mol. The molecule has 0 saturated carbocycles. The molecule has 0 amide bonds. The van der Waals surface area contributed by atoms with Gasteiger partial charge in [0.15, 0.2) is 5.82 Å². The van der Waals surface area contributed by atoms with Crippen molar-refractivity contribution in [3.05, 3.63) is 34.9 Å². The average Bonchev–Trinajstić information content (AvgIpc) is 3.61. The van der Waals surface area contributed by atoms with Crippen LogP contribution >= 0.6 is 0 Å². The number of nitrogens with zero attached hydrogens (tertiary/aromatic N) is 9. The van der Waals surface area contributed by atoms with Gasteiger partial charge in [-0.2, -0.15) is 0 Å². The van der Waals surface area contributed by atoms with Gasteiger partial charge in [-0.15, -0.1) is 30.6 Å². The summed E-state index contributed by atoms with van der Waals surface area (Å²) in [6, 6.07) is 0. The third-order valence-electron chi connectivity index (χ3n) is 7.70. The SMILES string of the molecule is CC(C)c1nnc2n1COCC2CC(C)c1nnc2n1CCOC2CC(C)c1nnc2n1CCNC2. The van der Waals surface area contributed by atoms with E-state index in [0.29, 0.717) is 25.9 Å². The molecule has 6 heterocycles. The van der Waals surface area contributed by atoms with E-state index in [-0.39, 0.29) is 23.9 Å². The van der Waals surface area contributed by atoms with Gasteiger partial charge in [0.05, 0.1) is 19.8 Å². The topological polar surface area (TPSA) is 123 Å². The van der Waals surface area contributed by atoms with Crippen LogP contribution in [0.2, 0.25) is 0 Å². The van der Waals surface area contributed by atoms with E-state index in [9.17, 15) is 0 Å². The molecule has 0 aromatic carbocycles. The molecule has 1 N–H and O–H groups in total. The first-order valence-electron chi connectivity index (χ1n) is 13.2. The van der Waals surface area contributed by atoms with E-state index in [0.717, 1.165) is 74.0 Å². The van der Waals surface area contributed by atoms with Gasteiger partial charge in [-0.05, 0) is 12.8 Å². The average molecular weight is 497 g/mol. The molecule has 194 valence electrons. The molecule has 0 radical (unpaired) electrons. The van der Waals surface area contributed by atoms with E-state index in [2.05, 4.69) is 77.3 Å². The summed E-state index contributed by atoms with van der Waals surface area (Å²) in [5, 5.41) is 30.5. The highest BCUT2D eigenvalue weighted by Crippen LogP contribution is 2.36. The number of aromatic nitrogens is 9. The van der Waals surface area contributed by atoms with Crippen molar-refractivity contribution >= 4 is 0 Å². The monoisotopic (exact) mass is 496 g/mol. The highest BCUT2D eigenvalue weighted by atomic mass is 16.5. The van der Waals surface area contributed by atoms with Crippen LogP contribution in [0.15, 0.2) is 0 Å². The highest BCUT2D eigenvalue weighted by molar-refractivity contribution is 5.12. The molecule has 4 unspecified atom stereocenters. The number of hydrogen-bond acceptors (Lipinski definition) is 9. The molecular weight excluding hydrogens is 460 g/mol. The normalized spacial score (nSPS) is 23.2. The molecule has 0 aliphatic carbocycles. The van der Waals surface area contributed by atoms with Crippen molar-refractivity contribution < 1.29 is 9.47 Å². The van der Waals surface area contributed by atoms with Crippen molar-refractivity contribution in [3.8, 4) is 0 Å². The van der Waals surface area contributed by atoms with E-state index in [1.54, 1.807) is 0 Å². The van der Waals surface area contributed by atoms with Gasteiger partial charge in [0, 0.05) is 43.3 Å². The van der Waals surface area contributed by atoms with Gasteiger partial charge in [-0.1, -0.05) is 27.7 Å². The van der Waals surface area contributed by atoms with Crippen LogP contribution in [0, 0.1) is 0 Å². The first-order chi connectivity index (χ1) is 17.5. The molecule has 0 fully saturated rings. The summed E-state index contributed by atoms with van der Waals surface area (Å²) in [6.45, 7) is 13.9. The van der Waals surface area contributed by atoms with Gasteiger partial charge in [0.2, 0.25) is 0 Å². The van der Waals surface area contributed by atoms with Crippen LogP contribution in [0.25, 0.3) is 0 Å². The smallest absolute Gasteiger partial charge is 0.162 e. The van der Waals surface area contributed by atoms with Gasteiger partial charge in [-0.25, -0.2) is 0 Å². The summed E-state index contributed by atoms with van der Waals surface area (Å²) in [7, 11) is 0. The molecule has 6 rings (SSSR count). The Kier molecular flexibility index (Phi) is 6.34. The number of hydrogen-bond donors (Lipinski definition) is 1. The standard InChI is InChI=1S/C24H36N10O2/c1-14(2)20-27-30-23-17(12-35-13-34(20)23)9-15(3)22-29-31-24-18(36-8-7-33(22)24)10-16(4)21-28-26-19-11-25-5-6-32(19)21/h14-18,25H,5-13H2,1-4H3. The molecule has 12 heteroatoms. The lowest BCUT2D eigenvalue weighted by Crippen LogP contribution is -2.30. The maximum absolute atomic E-state index is 6.20. The van der Waals surface area contributed by atoms with Crippen molar-refractivity contribution in [3.63, 3.8) is 0 Å². The third kappa shape index (κ3) is 4.14. The number of rotatable bonds is 7. The Morgan fingerprint density at radius 3 is 2.44 bits per heavy atom. The molecule has 4 atom stereocenters. The Labute approximate surface area is 210 Å². The lowest BCUT2D eigenvalue weighted by atomic mass is 9.94. The number of fused-ring (bicyclic) bond motifs is 3. The lowest BCUT2D eigenvalue weighted by molar-refractivity contribution is 0.00645. The molecule has 0 spiro atoms. The Morgan fingerprint density at radius 1 is 0.833 bits per heavy atom. The largest absolute Gasteiger partial charge is 0.368 e. The van der Waals surface area contributed by atoms with Crippen molar-refractivity contribution in [1.29, 1.82) is 0 Å². The molecule has 3 aromatic heterocycles. The summed E-state index contributed by atoms with van der Waals surface area (Å²) in [6.07, 6.45) is 1.58. The molecule has 0 saturated heterocycles. The first kappa shape index (κ1) is 23.7. The fourth-order valence-corrected chi connectivity index (χ4v) is 5.86. The van der Waals surface area contributed by atoms with Gasteiger partial charge >= 0.3 is 0 Å². The quantitative estimate of drug-likeness (QED) is 0.524.